The summed E-state index contributed by atoms with van der Waals surface area (Å²) in [6, 6.07) is 11.5. The molecule has 6 nitrogen and oxygen atoms in total. The zero-order valence-corrected chi connectivity index (χ0v) is 15.5. The smallest absolute Gasteiger partial charge is 0.218 e. The Balaban J connectivity index is 1.33. The monoisotopic (exact) mass is 372 g/mol. The van der Waals surface area contributed by atoms with E-state index < -0.39 is 10.0 Å². The average Bonchev–Trinajstić information content (AvgIpc) is 3.48. The number of aromatic nitrogens is 2. The highest BCUT2D eigenvalue weighted by molar-refractivity contribution is 7.88. The molecule has 1 saturated carbocycles. The van der Waals surface area contributed by atoms with Gasteiger partial charge in [0, 0.05) is 31.2 Å². The fourth-order valence-electron chi connectivity index (χ4n) is 3.36. The molecule has 1 saturated heterocycles. The molecule has 0 amide bonds. The molecule has 1 N–H and O–H groups in total. The molecule has 1 aromatic carbocycles. The summed E-state index contributed by atoms with van der Waals surface area (Å²) in [6.07, 6.45) is 5.75. The van der Waals surface area contributed by atoms with Crippen molar-refractivity contribution in [3.63, 3.8) is 0 Å². The molecule has 1 aliphatic heterocycles. The fraction of sp³-hybridized carbons (Fsp3) is 0.474. The Hall–Kier alpha value is -1.99. The van der Waals surface area contributed by atoms with E-state index in [4.69, 9.17) is 0 Å². The predicted molar refractivity (Wildman–Crippen MR) is 101 cm³/mol. The molecular formula is C19H24N4O2S. The number of piperidine rings is 1. The van der Waals surface area contributed by atoms with Crippen LogP contribution in [-0.2, 0) is 15.8 Å². The zero-order valence-electron chi connectivity index (χ0n) is 14.7. The van der Waals surface area contributed by atoms with Gasteiger partial charge in [-0.15, -0.1) is 0 Å². The van der Waals surface area contributed by atoms with Gasteiger partial charge in [-0.05, 0) is 37.3 Å². The van der Waals surface area contributed by atoms with Crippen molar-refractivity contribution < 1.29 is 8.42 Å². The van der Waals surface area contributed by atoms with Crippen molar-refractivity contribution in [2.24, 2.45) is 0 Å². The van der Waals surface area contributed by atoms with E-state index in [0.717, 1.165) is 30.0 Å². The summed E-state index contributed by atoms with van der Waals surface area (Å²) in [6.45, 7) is 1.10. The van der Waals surface area contributed by atoms with E-state index in [2.05, 4.69) is 15.3 Å². The SMILES string of the molecule is O=S(=O)(Cc1ccccc1)N1CCC(Nc2ccnc(C3CC3)n2)CC1. The lowest BCUT2D eigenvalue weighted by Gasteiger charge is -2.32. The summed E-state index contributed by atoms with van der Waals surface area (Å²) in [5, 5.41) is 3.45. The van der Waals surface area contributed by atoms with E-state index in [-0.39, 0.29) is 11.8 Å². The van der Waals surface area contributed by atoms with Crippen LogP contribution in [0.15, 0.2) is 42.6 Å². The Morgan fingerprint density at radius 1 is 1.04 bits per heavy atom. The third-order valence-corrected chi connectivity index (χ3v) is 6.86. The van der Waals surface area contributed by atoms with Gasteiger partial charge in [-0.2, -0.15) is 0 Å². The summed E-state index contributed by atoms with van der Waals surface area (Å²) >= 11 is 0. The molecule has 138 valence electrons. The lowest BCUT2D eigenvalue weighted by molar-refractivity contribution is 0.329. The lowest BCUT2D eigenvalue weighted by Crippen LogP contribution is -2.42. The van der Waals surface area contributed by atoms with Crippen molar-refractivity contribution in [1.82, 2.24) is 14.3 Å². The van der Waals surface area contributed by atoms with E-state index >= 15 is 0 Å². The van der Waals surface area contributed by atoms with Gasteiger partial charge in [0.05, 0.1) is 5.75 Å². The fourth-order valence-corrected chi connectivity index (χ4v) is 4.92. The first-order valence-electron chi connectivity index (χ1n) is 9.21. The Bertz CT molecular complexity index is 845. The maximum absolute atomic E-state index is 12.6. The van der Waals surface area contributed by atoms with Crippen LogP contribution in [0.3, 0.4) is 0 Å². The number of nitrogens with zero attached hydrogens (tertiary/aromatic N) is 3. The molecule has 0 bridgehead atoms. The summed E-state index contributed by atoms with van der Waals surface area (Å²) in [7, 11) is -3.26. The minimum absolute atomic E-state index is 0.0720. The molecule has 0 atom stereocenters. The number of nitrogens with one attached hydrogen (secondary N) is 1. The summed E-state index contributed by atoms with van der Waals surface area (Å²) in [4.78, 5) is 8.94. The van der Waals surface area contributed by atoms with Crippen molar-refractivity contribution in [1.29, 1.82) is 0 Å². The summed E-state index contributed by atoms with van der Waals surface area (Å²) in [5.74, 6) is 2.38. The lowest BCUT2D eigenvalue weighted by atomic mass is 10.1. The van der Waals surface area contributed by atoms with Gasteiger partial charge in [-0.3, -0.25) is 0 Å². The van der Waals surface area contributed by atoms with E-state index in [1.807, 2.05) is 42.6 Å². The molecule has 2 heterocycles. The van der Waals surface area contributed by atoms with Crippen LogP contribution >= 0.6 is 0 Å². The molecule has 7 heteroatoms. The highest BCUT2D eigenvalue weighted by Crippen LogP contribution is 2.38. The molecule has 0 spiro atoms. The number of anilines is 1. The predicted octanol–water partition coefficient (Wildman–Crippen LogP) is 2.76. The van der Waals surface area contributed by atoms with E-state index in [1.165, 1.54) is 12.8 Å². The second-order valence-corrected chi connectivity index (χ2v) is 9.10. The number of hydrogen-bond donors (Lipinski definition) is 1. The van der Waals surface area contributed by atoms with E-state index in [9.17, 15) is 8.42 Å². The number of benzene rings is 1. The first-order valence-corrected chi connectivity index (χ1v) is 10.8. The molecule has 2 aromatic rings. The first-order chi connectivity index (χ1) is 12.6. The highest BCUT2D eigenvalue weighted by Gasteiger charge is 2.29. The zero-order chi connectivity index (χ0) is 18.0. The van der Waals surface area contributed by atoms with Crippen molar-refractivity contribution >= 4 is 15.8 Å². The average molecular weight is 372 g/mol. The Morgan fingerprint density at radius 3 is 2.46 bits per heavy atom. The highest BCUT2D eigenvalue weighted by atomic mass is 32.2. The molecule has 0 radical (unpaired) electrons. The van der Waals surface area contributed by atoms with E-state index in [1.54, 1.807) is 4.31 Å². The molecule has 1 aromatic heterocycles. The minimum Gasteiger partial charge on any atom is -0.367 e. The van der Waals surface area contributed by atoms with Gasteiger partial charge in [0.15, 0.2) is 0 Å². The molecule has 2 aliphatic rings. The van der Waals surface area contributed by atoms with Crippen LogP contribution in [0.4, 0.5) is 5.82 Å². The van der Waals surface area contributed by atoms with Crippen molar-refractivity contribution in [3.8, 4) is 0 Å². The second kappa shape index (κ2) is 7.32. The van der Waals surface area contributed by atoms with Crippen LogP contribution in [0.2, 0.25) is 0 Å². The standard InChI is InChI=1S/C19H24N4O2S/c24-26(25,14-15-4-2-1-3-5-15)23-12-9-17(10-13-23)21-18-8-11-20-19(22-18)16-6-7-16/h1-5,8,11,16-17H,6-7,9-10,12-14H2,(H,20,21,22). The summed E-state index contributed by atoms with van der Waals surface area (Å²) < 4.78 is 26.9. The molecule has 4 rings (SSSR count). The van der Waals surface area contributed by atoms with Crippen LogP contribution in [0.25, 0.3) is 0 Å². The Morgan fingerprint density at radius 2 is 1.77 bits per heavy atom. The van der Waals surface area contributed by atoms with Gasteiger partial charge >= 0.3 is 0 Å². The number of rotatable bonds is 6. The van der Waals surface area contributed by atoms with Crippen LogP contribution in [-0.4, -0.2) is 41.8 Å². The number of sulfonamides is 1. The van der Waals surface area contributed by atoms with Crippen molar-refractivity contribution in [2.45, 2.75) is 43.4 Å². The van der Waals surface area contributed by atoms with Gasteiger partial charge in [0.2, 0.25) is 10.0 Å². The maximum atomic E-state index is 12.6. The van der Waals surface area contributed by atoms with Crippen molar-refractivity contribution in [3.05, 3.63) is 54.0 Å². The molecular weight excluding hydrogens is 348 g/mol. The molecule has 0 unspecified atom stereocenters. The normalized spacial score (nSPS) is 19.4. The van der Waals surface area contributed by atoms with Gasteiger partial charge in [-0.25, -0.2) is 22.7 Å². The van der Waals surface area contributed by atoms with Crippen LogP contribution in [0.5, 0.6) is 0 Å². The van der Waals surface area contributed by atoms with Crippen LogP contribution in [0.1, 0.15) is 43.0 Å². The first kappa shape index (κ1) is 17.4. The third kappa shape index (κ3) is 4.22. The van der Waals surface area contributed by atoms with Crippen LogP contribution < -0.4 is 5.32 Å². The largest absolute Gasteiger partial charge is 0.367 e. The van der Waals surface area contributed by atoms with Gasteiger partial charge in [0.1, 0.15) is 11.6 Å². The van der Waals surface area contributed by atoms with Crippen molar-refractivity contribution in [2.75, 3.05) is 18.4 Å². The topological polar surface area (TPSA) is 75.2 Å². The van der Waals surface area contributed by atoms with Gasteiger partial charge < -0.3 is 5.32 Å². The van der Waals surface area contributed by atoms with Gasteiger partial charge in [-0.1, -0.05) is 30.3 Å². The maximum Gasteiger partial charge on any atom is 0.218 e. The molecule has 2 fully saturated rings. The summed E-state index contributed by atoms with van der Waals surface area (Å²) in [5.41, 5.74) is 0.835. The van der Waals surface area contributed by atoms with Crippen LogP contribution in [0, 0.1) is 0 Å². The molecule has 26 heavy (non-hydrogen) atoms. The number of hydrogen-bond acceptors (Lipinski definition) is 5. The second-order valence-electron chi connectivity index (χ2n) is 7.13. The van der Waals surface area contributed by atoms with Gasteiger partial charge in [0.25, 0.3) is 0 Å². The Labute approximate surface area is 154 Å². The minimum atomic E-state index is -3.26. The quantitative estimate of drug-likeness (QED) is 0.844. The Kier molecular flexibility index (Phi) is 4.91. The molecule has 1 aliphatic carbocycles. The third-order valence-electron chi connectivity index (χ3n) is 5.01. The van der Waals surface area contributed by atoms with E-state index in [0.29, 0.717) is 19.0 Å².